The minimum absolute atomic E-state index is 0.0333. The predicted molar refractivity (Wildman–Crippen MR) is 114 cm³/mol. The second kappa shape index (κ2) is 8.55. The van der Waals surface area contributed by atoms with Crippen molar-refractivity contribution >= 4 is 29.0 Å². The number of rotatable bonds is 3. The number of nitrogens with one attached hydrogen (secondary N) is 2. The Hall–Kier alpha value is -2.91. The number of methoxy groups -OCH3 is 1. The van der Waals surface area contributed by atoms with Crippen molar-refractivity contribution in [3.05, 3.63) is 64.7 Å². The number of ether oxygens (including phenoxy) is 1. The van der Waals surface area contributed by atoms with Gasteiger partial charge in [-0.15, -0.1) is 0 Å². The van der Waals surface area contributed by atoms with E-state index in [-0.39, 0.29) is 5.69 Å². The summed E-state index contributed by atoms with van der Waals surface area (Å²) in [6.45, 7) is 0.768. The molecule has 10 heteroatoms. The summed E-state index contributed by atoms with van der Waals surface area (Å²) in [6.07, 6.45) is -1.52. The normalized spacial score (nSPS) is 17.7. The van der Waals surface area contributed by atoms with Gasteiger partial charge in [0.2, 0.25) is 0 Å². The first-order valence-corrected chi connectivity index (χ1v) is 10.3. The molecule has 0 saturated carbocycles. The van der Waals surface area contributed by atoms with Crippen LogP contribution in [0.5, 0.6) is 5.75 Å². The third-order valence-corrected chi connectivity index (χ3v) is 5.90. The molecule has 1 fully saturated rings. The lowest BCUT2D eigenvalue weighted by Gasteiger charge is -2.36. The number of nitrogens with zero attached hydrogens (tertiary/aromatic N) is 1. The van der Waals surface area contributed by atoms with E-state index in [0.29, 0.717) is 25.9 Å². The summed E-state index contributed by atoms with van der Waals surface area (Å²) in [6, 6.07) is 10.4. The Morgan fingerprint density at radius 1 is 1.22 bits per heavy atom. The van der Waals surface area contributed by atoms with Crippen LogP contribution in [0.25, 0.3) is 5.70 Å². The third-order valence-electron chi connectivity index (χ3n) is 5.57. The number of hydrogen-bond acceptors (Lipinski definition) is 4. The number of carbonyl (C=O) groups excluding carboxylic acids is 1. The largest absolute Gasteiger partial charge is 0.497 e. The number of piperidine rings is 1. The van der Waals surface area contributed by atoms with E-state index in [4.69, 9.17) is 21.2 Å². The summed E-state index contributed by atoms with van der Waals surface area (Å²) >= 11 is 5.63. The molecule has 6 nitrogen and oxygen atoms in total. The molecule has 32 heavy (non-hydrogen) atoms. The van der Waals surface area contributed by atoms with Crippen molar-refractivity contribution in [2.24, 2.45) is 0 Å². The smallest absolute Gasteiger partial charge is 0.417 e. The molecule has 2 amide bonds. The SMILES string of the molecule is COc1cccc(C2=CC3(CCN(C(=O)Nc4ccc(Cl)c(C(F)(F)F)c4)CC3)ON2)c1. The Morgan fingerprint density at radius 2 is 1.97 bits per heavy atom. The molecule has 170 valence electrons. The van der Waals surface area contributed by atoms with Gasteiger partial charge in [-0.25, -0.2) is 4.79 Å². The lowest BCUT2D eigenvalue weighted by molar-refractivity contribution is -0.137. The molecule has 0 radical (unpaired) electrons. The molecule has 0 bridgehead atoms. The van der Waals surface area contributed by atoms with Gasteiger partial charge in [-0.05, 0) is 36.4 Å². The molecule has 0 atom stereocenters. The molecule has 1 spiro atoms. The molecule has 2 heterocycles. The van der Waals surface area contributed by atoms with Gasteiger partial charge >= 0.3 is 12.2 Å². The van der Waals surface area contributed by atoms with Crippen LogP contribution in [0.3, 0.4) is 0 Å². The minimum Gasteiger partial charge on any atom is -0.497 e. The van der Waals surface area contributed by atoms with Crippen LogP contribution < -0.4 is 15.5 Å². The Labute approximate surface area is 187 Å². The number of likely N-dealkylation sites (tertiary alicyclic amines) is 1. The van der Waals surface area contributed by atoms with Crippen molar-refractivity contribution in [1.29, 1.82) is 0 Å². The van der Waals surface area contributed by atoms with Crippen LogP contribution in [0.4, 0.5) is 23.7 Å². The predicted octanol–water partition coefficient (Wildman–Crippen LogP) is 5.31. The van der Waals surface area contributed by atoms with Gasteiger partial charge in [0, 0.05) is 37.2 Å². The second-order valence-electron chi connectivity index (χ2n) is 7.67. The van der Waals surface area contributed by atoms with E-state index in [9.17, 15) is 18.0 Å². The number of carbonyl (C=O) groups is 1. The van der Waals surface area contributed by atoms with Gasteiger partial charge in [-0.2, -0.15) is 13.2 Å². The Morgan fingerprint density at radius 3 is 2.66 bits per heavy atom. The Balaban J connectivity index is 1.40. The van der Waals surface area contributed by atoms with Gasteiger partial charge < -0.3 is 15.0 Å². The molecular weight excluding hydrogens is 447 g/mol. The highest BCUT2D eigenvalue weighted by Crippen LogP contribution is 2.37. The van der Waals surface area contributed by atoms with E-state index < -0.39 is 28.4 Å². The van der Waals surface area contributed by atoms with E-state index in [2.05, 4.69) is 10.8 Å². The van der Waals surface area contributed by atoms with Gasteiger partial charge in [0.1, 0.15) is 11.4 Å². The first kappa shape index (κ1) is 22.3. The fourth-order valence-electron chi connectivity index (χ4n) is 3.77. The summed E-state index contributed by atoms with van der Waals surface area (Å²) in [7, 11) is 1.60. The van der Waals surface area contributed by atoms with Gasteiger partial charge in [0.15, 0.2) is 0 Å². The number of urea groups is 1. The number of hydrogen-bond donors (Lipinski definition) is 2. The van der Waals surface area contributed by atoms with Crippen molar-refractivity contribution in [2.75, 3.05) is 25.5 Å². The first-order chi connectivity index (χ1) is 15.2. The summed E-state index contributed by atoms with van der Waals surface area (Å²) in [4.78, 5) is 20.0. The number of benzene rings is 2. The zero-order chi connectivity index (χ0) is 22.9. The van der Waals surface area contributed by atoms with E-state index in [1.807, 2.05) is 30.3 Å². The minimum atomic E-state index is -4.60. The maximum absolute atomic E-state index is 13.0. The topological polar surface area (TPSA) is 62.8 Å². The van der Waals surface area contributed by atoms with E-state index in [0.717, 1.165) is 29.1 Å². The fourth-order valence-corrected chi connectivity index (χ4v) is 3.99. The van der Waals surface area contributed by atoms with Crippen LogP contribution in [-0.4, -0.2) is 36.7 Å². The summed E-state index contributed by atoms with van der Waals surface area (Å²) in [5, 5.41) is 2.10. The van der Waals surface area contributed by atoms with Crippen LogP contribution in [-0.2, 0) is 11.0 Å². The maximum atomic E-state index is 13.0. The van der Waals surface area contributed by atoms with Crippen molar-refractivity contribution in [3.8, 4) is 5.75 Å². The fraction of sp³-hybridized carbons (Fsp3) is 0.318. The number of anilines is 1. The number of amides is 2. The van der Waals surface area contributed by atoms with Crippen molar-refractivity contribution in [2.45, 2.75) is 24.6 Å². The summed E-state index contributed by atoms with van der Waals surface area (Å²) in [5.74, 6) is 0.730. The monoisotopic (exact) mass is 467 g/mol. The standard InChI is InChI=1S/C22H21ClF3N3O3/c1-31-16-4-2-3-14(11-16)19-13-21(32-28-19)7-9-29(10-8-21)20(30)27-15-5-6-18(23)17(12-15)22(24,25)26/h2-6,11-13,28H,7-10H2,1H3,(H,27,30). The Bertz CT molecular complexity index is 1050. The third kappa shape index (κ3) is 4.63. The van der Waals surface area contributed by atoms with Crippen molar-refractivity contribution in [3.63, 3.8) is 0 Å². The van der Waals surface area contributed by atoms with Gasteiger partial charge in [-0.3, -0.25) is 10.3 Å². The number of hydroxylamine groups is 1. The second-order valence-corrected chi connectivity index (χ2v) is 8.08. The lowest BCUT2D eigenvalue weighted by Crippen LogP contribution is -2.48. The Kier molecular flexibility index (Phi) is 5.96. The highest BCUT2D eigenvalue weighted by atomic mass is 35.5. The van der Waals surface area contributed by atoms with Crippen LogP contribution >= 0.6 is 11.6 Å². The molecule has 0 unspecified atom stereocenters. The zero-order valence-corrected chi connectivity index (χ0v) is 17.9. The quantitative estimate of drug-likeness (QED) is 0.642. The molecule has 2 aliphatic heterocycles. The summed E-state index contributed by atoms with van der Waals surface area (Å²) < 4.78 is 44.4. The number of halogens is 4. The van der Waals surface area contributed by atoms with Crippen LogP contribution in [0.1, 0.15) is 24.0 Å². The van der Waals surface area contributed by atoms with E-state index in [1.165, 1.54) is 6.07 Å². The van der Waals surface area contributed by atoms with E-state index >= 15 is 0 Å². The molecule has 2 aromatic carbocycles. The van der Waals surface area contributed by atoms with Crippen molar-refractivity contribution in [1.82, 2.24) is 10.4 Å². The van der Waals surface area contributed by atoms with Gasteiger partial charge in [0.05, 0.1) is 23.4 Å². The van der Waals surface area contributed by atoms with Crippen LogP contribution in [0.2, 0.25) is 5.02 Å². The van der Waals surface area contributed by atoms with E-state index in [1.54, 1.807) is 12.0 Å². The molecule has 0 aromatic heterocycles. The highest BCUT2D eigenvalue weighted by Gasteiger charge is 2.40. The maximum Gasteiger partial charge on any atom is 0.417 e. The molecule has 0 aliphatic carbocycles. The molecule has 2 aromatic rings. The molecule has 2 aliphatic rings. The average molecular weight is 468 g/mol. The highest BCUT2D eigenvalue weighted by molar-refractivity contribution is 6.31. The molecule has 2 N–H and O–H groups in total. The van der Waals surface area contributed by atoms with Gasteiger partial charge in [-0.1, -0.05) is 23.7 Å². The molecule has 4 rings (SSSR count). The number of alkyl halides is 3. The van der Waals surface area contributed by atoms with Crippen LogP contribution in [0.15, 0.2) is 48.5 Å². The first-order valence-electron chi connectivity index (χ1n) is 9.93. The lowest BCUT2D eigenvalue weighted by atomic mass is 9.90. The zero-order valence-electron chi connectivity index (χ0n) is 17.1. The average Bonchev–Trinajstić information content (AvgIpc) is 3.18. The summed E-state index contributed by atoms with van der Waals surface area (Å²) in [5.41, 5.74) is 3.19. The molecule has 1 saturated heterocycles. The molecular formula is C22H21ClF3N3O3. The van der Waals surface area contributed by atoms with Crippen LogP contribution in [0, 0.1) is 0 Å². The van der Waals surface area contributed by atoms with Gasteiger partial charge in [0.25, 0.3) is 0 Å². The van der Waals surface area contributed by atoms with Crippen molar-refractivity contribution < 1.29 is 27.5 Å².